The zero-order chi connectivity index (χ0) is 35.7. The quantitative estimate of drug-likeness (QED) is 0.120. The van der Waals surface area contributed by atoms with Gasteiger partial charge in [-0.05, 0) is 96.1 Å². The van der Waals surface area contributed by atoms with Crippen LogP contribution in [0.3, 0.4) is 0 Å². The van der Waals surface area contributed by atoms with E-state index in [4.69, 9.17) is 9.82 Å². The summed E-state index contributed by atoms with van der Waals surface area (Å²) in [6.07, 6.45) is 7.05. The van der Waals surface area contributed by atoms with Crippen LogP contribution in [0.1, 0.15) is 23.2 Å². The molecule has 7 heterocycles. The van der Waals surface area contributed by atoms with Crippen LogP contribution in [0.25, 0.3) is 56.7 Å². The van der Waals surface area contributed by atoms with Crippen molar-refractivity contribution in [2.45, 2.75) is 12.8 Å². The van der Waals surface area contributed by atoms with E-state index in [2.05, 4.69) is 24.9 Å². The molecule has 7 aromatic rings. The van der Waals surface area contributed by atoms with Gasteiger partial charge in [0.05, 0.1) is 51.1 Å². The number of aromatic nitrogens is 6. The van der Waals surface area contributed by atoms with Crippen LogP contribution in [0.5, 0.6) is 0 Å². The molecular formula is C41H29N7O4Ru. The molecule has 0 radical (unpaired) electrons. The number of nitrogens with zero attached hydrogens (tertiary/aromatic N) is 7. The Morgan fingerprint density at radius 3 is 1.28 bits per heavy atom. The molecule has 0 bridgehead atoms. The molecule has 0 aliphatic carbocycles. The predicted molar refractivity (Wildman–Crippen MR) is 193 cm³/mol. The fraction of sp³-hybridized carbons (Fsp3) is 0.0488. The van der Waals surface area contributed by atoms with E-state index >= 15 is 0 Å². The Bertz CT molecular complexity index is 2200. The number of benzene rings is 1. The van der Waals surface area contributed by atoms with Crippen molar-refractivity contribution in [2.75, 3.05) is 0 Å². The summed E-state index contributed by atoms with van der Waals surface area (Å²) in [6, 6.07) is 39.3. The molecular weight excluding hydrogens is 756 g/mol. The third kappa shape index (κ3) is 8.81. The minimum atomic E-state index is -0.770. The molecule has 0 N–H and O–H groups in total. The van der Waals surface area contributed by atoms with Crippen LogP contribution in [0.2, 0.25) is 0 Å². The fourth-order valence-electron chi connectivity index (χ4n) is 5.33. The van der Waals surface area contributed by atoms with Crippen LogP contribution in [0, 0.1) is 0 Å². The van der Waals surface area contributed by atoms with Crippen molar-refractivity contribution in [1.29, 1.82) is 0 Å². The molecule has 11 nitrogen and oxygen atoms in total. The van der Waals surface area contributed by atoms with Gasteiger partial charge in [-0.2, -0.15) is 0 Å². The van der Waals surface area contributed by atoms with Gasteiger partial charge in [0.25, 0.3) is 11.8 Å². The number of rotatable bonds is 7. The van der Waals surface area contributed by atoms with Gasteiger partial charge in [0.2, 0.25) is 0 Å². The van der Waals surface area contributed by atoms with Crippen molar-refractivity contribution >= 4 is 17.8 Å². The smallest absolute Gasteiger partial charge is 0.325 e. The second-order valence-corrected chi connectivity index (χ2v) is 11.4. The van der Waals surface area contributed by atoms with Crippen molar-refractivity contribution in [3.63, 3.8) is 0 Å². The Balaban J connectivity index is 0.000000213. The summed E-state index contributed by atoms with van der Waals surface area (Å²) in [6.45, 7) is 0. The summed E-state index contributed by atoms with van der Waals surface area (Å²) in [7, 11) is 0. The van der Waals surface area contributed by atoms with E-state index < -0.39 is 17.8 Å². The Kier molecular flexibility index (Phi) is 11.6. The molecule has 53 heavy (non-hydrogen) atoms. The maximum atomic E-state index is 12.4. The summed E-state index contributed by atoms with van der Waals surface area (Å²) in [5, 5.41) is 0.539. The van der Waals surface area contributed by atoms with Gasteiger partial charge in [-0.15, -0.1) is 5.06 Å². The minimum Gasteiger partial charge on any atom is -0.325 e. The summed E-state index contributed by atoms with van der Waals surface area (Å²) in [5.41, 5.74) is 8.20. The molecule has 260 valence electrons. The Morgan fingerprint density at radius 1 is 0.472 bits per heavy atom. The molecule has 8 rings (SSSR count). The van der Waals surface area contributed by atoms with E-state index in [-0.39, 0.29) is 37.9 Å². The van der Waals surface area contributed by atoms with Crippen molar-refractivity contribution in [1.82, 2.24) is 35.0 Å². The van der Waals surface area contributed by atoms with Crippen molar-refractivity contribution in [2.24, 2.45) is 0 Å². The first-order chi connectivity index (χ1) is 25.5. The van der Waals surface area contributed by atoms with Gasteiger partial charge in [-0.3, -0.25) is 29.5 Å². The summed E-state index contributed by atoms with van der Waals surface area (Å²) < 4.78 is 0. The summed E-state index contributed by atoms with van der Waals surface area (Å²) in [5.74, 6) is -1.81. The van der Waals surface area contributed by atoms with Gasteiger partial charge >= 0.3 is 5.97 Å². The topological polar surface area (TPSA) is 141 Å². The van der Waals surface area contributed by atoms with Crippen LogP contribution in [0.4, 0.5) is 0 Å². The van der Waals surface area contributed by atoms with Crippen molar-refractivity contribution < 1.29 is 38.7 Å². The maximum Gasteiger partial charge on any atom is 0.363 e. The number of carbonyl (C=O) groups excluding carboxylic acids is 3. The SMILES string of the molecule is O=C(ON1C(=O)CCC1=O)c1ccc(-c2cc(-c3ccccn3)nc(-c3ccccn3)c2)cc1.[Ru].c1ccc(-c2cccc(-c3ccccn3)n2)nc1. The van der Waals surface area contributed by atoms with E-state index in [1.54, 1.807) is 49.1 Å². The molecule has 6 aromatic heterocycles. The second kappa shape index (κ2) is 17.0. The minimum absolute atomic E-state index is 0. The summed E-state index contributed by atoms with van der Waals surface area (Å²) in [4.78, 5) is 67.6. The van der Waals surface area contributed by atoms with E-state index in [1.807, 2.05) is 103 Å². The zero-order valence-corrected chi connectivity index (χ0v) is 29.7. The number of carbonyl (C=O) groups is 3. The Hall–Kier alpha value is -6.65. The first-order valence-corrected chi connectivity index (χ1v) is 16.3. The Morgan fingerprint density at radius 2 is 0.868 bits per heavy atom. The van der Waals surface area contributed by atoms with Crippen molar-refractivity contribution in [3.8, 4) is 56.7 Å². The average molecular weight is 785 g/mol. The van der Waals surface area contributed by atoms with Gasteiger partial charge in [0.15, 0.2) is 0 Å². The second-order valence-electron chi connectivity index (χ2n) is 11.4. The monoisotopic (exact) mass is 785 g/mol. The molecule has 0 unspecified atom stereocenters. The van der Waals surface area contributed by atoms with Crippen LogP contribution in [0.15, 0.2) is 152 Å². The third-order valence-corrected chi connectivity index (χ3v) is 7.92. The molecule has 1 saturated heterocycles. The first-order valence-electron chi connectivity index (χ1n) is 16.3. The molecule has 1 fully saturated rings. The number of hydrogen-bond donors (Lipinski definition) is 0. The molecule has 0 atom stereocenters. The zero-order valence-electron chi connectivity index (χ0n) is 28.0. The van der Waals surface area contributed by atoms with E-state index in [0.717, 1.165) is 45.3 Å². The van der Waals surface area contributed by atoms with Crippen LogP contribution in [-0.4, -0.2) is 52.8 Å². The van der Waals surface area contributed by atoms with Crippen LogP contribution < -0.4 is 0 Å². The molecule has 1 aliphatic rings. The fourth-order valence-corrected chi connectivity index (χ4v) is 5.33. The molecule has 1 aromatic carbocycles. The van der Waals surface area contributed by atoms with Crippen LogP contribution >= 0.6 is 0 Å². The normalized spacial score (nSPS) is 12.0. The predicted octanol–water partition coefficient (Wildman–Crippen LogP) is 7.30. The van der Waals surface area contributed by atoms with Gasteiger partial charge in [0.1, 0.15) is 0 Å². The third-order valence-electron chi connectivity index (χ3n) is 7.92. The van der Waals surface area contributed by atoms with E-state index in [1.165, 1.54) is 0 Å². The molecule has 2 amide bonds. The molecule has 0 spiro atoms. The largest absolute Gasteiger partial charge is 0.363 e. The standard InChI is InChI=1S/C26H18N4O4.C15H11N3.Ru/c31-24-11-12-25(32)30(24)34-26(33)18-9-7-17(8-10-18)19-15-22(20-5-1-3-13-27-20)29-23(16-19)21-6-2-4-14-28-21;1-3-10-16-12(6-1)14-8-5-9-15(18-14)13-7-2-4-11-17-13;/h1-10,13-16H,11-12H2;1-11H;. The number of pyridine rings is 6. The molecule has 0 saturated carbocycles. The van der Waals surface area contributed by atoms with E-state index in [0.29, 0.717) is 16.5 Å². The number of amides is 2. The first kappa shape index (κ1) is 36.2. The maximum absolute atomic E-state index is 12.4. The molecule has 12 heteroatoms. The Labute approximate surface area is 317 Å². The summed E-state index contributed by atoms with van der Waals surface area (Å²) >= 11 is 0. The van der Waals surface area contributed by atoms with Gasteiger partial charge < -0.3 is 4.84 Å². The van der Waals surface area contributed by atoms with Gasteiger partial charge in [-0.1, -0.05) is 42.5 Å². The van der Waals surface area contributed by atoms with Crippen LogP contribution in [-0.2, 0) is 33.9 Å². The van der Waals surface area contributed by atoms with Gasteiger partial charge in [-0.25, -0.2) is 14.8 Å². The van der Waals surface area contributed by atoms with E-state index in [9.17, 15) is 14.4 Å². The number of imide groups is 1. The van der Waals surface area contributed by atoms with Gasteiger partial charge in [0, 0.05) is 57.1 Å². The van der Waals surface area contributed by atoms with Crippen molar-refractivity contribution in [3.05, 3.63) is 158 Å². The average Bonchev–Trinajstić information content (AvgIpc) is 3.54. The molecule has 1 aliphatic heterocycles. The number of hydrogen-bond acceptors (Lipinski definition) is 10. The number of hydroxylamine groups is 2.